The van der Waals surface area contributed by atoms with Crippen LogP contribution < -0.4 is 22.1 Å². The van der Waals surface area contributed by atoms with Crippen molar-refractivity contribution in [2.45, 2.75) is 38.3 Å². The van der Waals surface area contributed by atoms with Gasteiger partial charge in [0.1, 0.15) is 0 Å². The van der Waals surface area contributed by atoms with E-state index >= 15 is 0 Å². The fourth-order valence-electron chi connectivity index (χ4n) is 2.82. The molecule has 4 amide bonds. The number of carbonyl (C=O) groups is 3. The predicted molar refractivity (Wildman–Crippen MR) is 85.3 cm³/mol. The van der Waals surface area contributed by atoms with Crippen LogP contribution in [0.4, 0.5) is 4.79 Å². The minimum Gasteiger partial charge on any atom is -0.367 e. The molecular weight excluding hydrogens is 296 g/mol. The van der Waals surface area contributed by atoms with Crippen molar-refractivity contribution in [3.63, 3.8) is 0 Å². The second kappa shape index (κ2) is 6.68. The van der Waals surface area contributed by atoms with E-state index in [1.165, 1.54) is 11.1 Å². The second-order valence-corrected chi connectivity index (χ2v) is 6.06. The van der Waals surface area contributed by atoms with Crippen LogP contribution in [0.25, 0.3) is 0 Å². The normalized spacial score (nSPS) is 20.7. The summed E-state index contributed by atoms with van der Waals surface area (Å²) in [6.45, 7) is 3.94. The van der Waals surface area contributed by atoms with Crippen molar-refractivity contribution in [2.75, 3.05) is 0 Å². The number of aryl methyl sites for hydroxylation is 1. The molecule has 6 N–H and O–H groups in total. The molecule has 7 heteroatoms. The molecule has 0 bridgehead atoms. The van der Waals surface area contributed by atoms with Crippen LogP contribution >= 0.6 is 0 Å². The van der Waals surface area contributed by atoms with Crippen LogP contribution in [-0.2, 0) is 9.59 Å². The zero-order valence-electron chi connectivity index (χ0n) is 13.2. The summed E-state index contributed by atoms with van der Waals surface area (Å²) in [4.78, 5) is 34.0. The van der Waals surface area contributed by atoms with Crippen molar-refractivity contribution < 1.29 is 14.4 Å². The standard InChI is InChI=1S/C16H22N4O3/c1-8-4-3-5-10(6-8)12-7-11(12)9(2)19-16(23)20-13(14(17)21)15(18)22/h3-6,9,11-13H,7H2,1-2H3,(H2,17,21)(H2,18,22)(H2,19,20,23). The Labute approximate surface area is 134 Å². The number of nitrogens with two attached hydrogens (primary N) is 2. The summed E-state index contributed by atoms with van der Waals surface area (Å²) >= 11 is 0. The Morgan fingerprint density at radius 3 is 2.39 bits per heavy atom. The molecule has 1 fully saturated rings. The molecule has 1 aliphatic carbocycles. The Morgan fingerprint density at radius 2 is 1.83 bits per heavy atom. The SMILES string of the molecule is Cc1cccc(C2CC2C(C)NC(=O)NC(C(N)=O)C(N)=O)c1. The average Bonchev–Trinajstić information content (AvgIpc) is 3.24. The van der Waals surface area contributed by atoms with Gasteiger partial charge in [0.05, 0.1) is 0 Å². The molecule has 1 aliphatic rings. The Hall–Kier alpha value is -2.57. The van der Waals surface area contributed by atoms with E-state index in [-0.39, 0.29) is 6.04 Å². The van der Waals surface area contributed by atoms with Crippen LogP contribution in [0.5, 0.6) is 0 Å². The number of amides is 4. The van der Waals surface area contributed by atoms with Gasteiger partial charge in [-0.3, -0.25) is 9.59 Å². The van der Waals surface area contributed by atoms with Gasteiger partial charge in [0.15, 0.2) is 6.04 Å². The van der Waals surface area contributed by atoms with Gasteiger partial charge in [0.25, 0.3) is 0 Å². The van der Waals surface area contributed by atoms with Crippen LogP contribution in [-0.4, -0.2) is 29.9 Å². The molecule has 1 saturated carbocycles. The zero-order chi connectivity index (χ0) is 17.1. The first kappa shape index (κ1) is 16.8. The maximum Gasteiger partial charge on any atom is 0.316 e. The molecule has 0 saturated heterocycles. The van der Waals surface area contributed by atoms with Crippen LogP contribution in [0.3, 0.4) is 0 Å². The summed E-state index contributed by atoms with van der Waals surface area (Å²) in [7, 11) is 0. The summed E-state index contributed by atoms with van der Waals surface area (Å²) in [6, 6.07) is 6.07. The van der Waals surface area contributed by atoms with Gasteiger partial charge in [0, 0.05) is 6.04 Å². The minimum absolute atomic E-state index is 0.0954. The first-order chi connectivity index (χ1) is 10.8. The molecule has 124 valence electrons. The number of rotatable bonds is 6. The minimum atomic E-state index is -1.51. The van der Waals surface area contributed by atoms with E-state index in [2.05, 4.69) is 22.8 Å². The molecule has 2 rings (SSSR count). The van der Waals surface area contributed by atoms with Gasteiger partial charge in [-0.15, -0.1) is 0 Å². The molecule has 3 atom stereocenters. The maximum atomic E-state index is 11.9. The van der Waals surface area contributed by atoms with E-state index in [0.29, 0.717) is 11.8 Å². The molecule has 0 spiro atoms. The highest BCUT2D eigenvalue weighted by molar-refractivity contribution is 6.05. The van der Waals surface area contributed by atoms with Gasteiger partial charge in [-0.2, -0.15) is 0 Å². The molecule has 0 heterocycles. The van der Waals surface area contributed by atoms with E-state index in [0.717, 1.165) is 6.42 Å². The van der Waals surface area contributed by atoms with Gasteiger partial charge in [-0.1, -0.05) is 29.8 Å². The Kier molecular flexibility index (Phi) is 4.88. The number of hydrogen-bond acceptors (Lipinski definition) is 3. The van der Waals surface area contributed by atoms with E-state index in [9.17, 15) is 14.4 Å². The van der Waals surface area contributed by atoms with Crippen LogP contribution in [0.1, 0.15) is 30.4 Å². The number of carbonyl (C=O) groups excluding carboxylic acids is 3. The van der Waals surface area contributed by atoms with Crippen LogP contribution in [0, 0.1) is 12.8 Å². The molecule has 0 radical (unpaired) electrons. The molecule has 1 aromatic rings. The second-order valence-electron chi connectivity index (χ2n) is 6.06. The largest absolute Gasteiger partial charge is 0.367 e. The highest BCUT2D eigenvalue weighted by Crippen LogP contribution is 2.49. The highest BCUT2D eigenvalue weighted by atomic mass is 16.2. The van der Waals surface area contributed by atoms with Crippen LogP contribution in [0.15, 0.2) is 24.3 Å². The zero-order valence-corrected chi connectivity index (χ0v) is 13.2. The van der Waals surface area contributed by atoms with Crippen LogP contribution in [0.2, 0.25) is 0 Å². The molecule has 0 aromatic heterocycles. The van der Waals surface area contributed by atoms with Crippen molar-refractivity contribution in [1.29, 1.82) is 0 Å². The fourth-order valence-corrected chi connectivity index (χ4v) is 2.82. The third kappa shape index (κ3) is 4.21. The molecular formula is C16H22N4O3. The summed E-state index contributed by atoms with van der Waals surface area (Å²) in [5, 5.41) is 4.92. The third-order valence-corrected chi connectivity index (χ3v) is 4.16. The number of urea groups is 1. The Morgan fingerprint density at radius 1 is 1.17 bits per heavy atom. The number of benzene rings is 1. The molecule has 0 aliphatic heterocycles. The Balaban J connectivity index is 1.88. The first-order valence-electron chi connectivity index (χ1n) is 7.51. The summed E-state index contributed by atoms with van der Waals surface area (Å²) in [5.41, 5.74) is 12.5. The summed E-state index contributed by atoms with van der Waals surface area (Å²) in [5.74, 6) is -1.23. The third-order valence-electron chi connectivity index (χ3n) is 4.16. The Bertz CT molecular complexity index is 618. The fraction of sp³-hybridized carbons (Fsp3) is 0.438. The van der Waals surface area contributed by atoms with Crippen molar-refractivity contribution in [2.24, 2.45) is 17.4 Å². The van der Waals surface area contributed by atoms with Crippen molar-refractivity contribution in [3.05, 3.63) is 35.4 Å². The van der Waals surface area contributed by atoms with Crippen molar-refractivity contribution in [1.82, 2.24) is 10.6 Å². The topological polar surface area (TPSA) is 127 Å². The van der Waals surface area contributed by atoms with Gasteiger partial charge in [-0.05, 0) is 37.7 Å². The lowest BCUT2D eigenvalue weighted by Crippen LogP contribution is -2.56. The predicted octanol–water partition coefficient (Wildman–Crippen LogP) is 0.125. The number of nitrogens with one attached hydrogen (secondary N) is 2. The summed E-state index contributed by atoms with van der Waals surface area (Å²) in [6.07, 6.45) is 0.986. The number of primary amides is 2. The smallest absolute Gasteiger partial charge is 0.316 e. The van der Waals surface area contributed by atoms with Gasteiger partial charge >= 0.3 is 6.03 Å². The van der Waals surface area contributed by atoms with Gasteiger partial charge < -0.3 is 22.1 Å². The van der Waals surface area contributed by atoms with Crippen molar-refractivity contribution in [3.8, 4) is 0 Å². The molecule has 1 aromatic carbocycles. The lowest BCUT2D eigenvalue weighted by molar-refractivity contribution is -0.128. The average molecular weight is 318 g/mol. The molecule has 7 nitrogen and oxygen atoms in total. The van der Waals surface area contributed by atoms with E-state index in [4.69, 9.17) is 11.5 Å². The number of hydrogen-bond donors (Lipinski definition) is 4. The maximum absolute atomic E-state index is 11.9. The van der Waals surface area contributed by atoms with E-state index < -0.39 is 23.9 Å². The monoisotopic (exact) mass is 318 g/mol. The molecule has 3 unspecified atom stereocenters. The first-order valence-corrected chi connectivity index (χ1v) is 7.51. The van der Waals surface area contributed by atoms with Gasteiger partial charge in [0.2, 0.25) is 11.8 Å². The lowest BCUT2D eigenvalue weighted by Gasteiger charge is -2.17. The van der Waals surface area contributed by atoms with E-state index in [1.54, 1.807) is 0 Å². The lowest BCUT2D eigenvalue weighted by atomic mass is 10.0. The summed E-state index contributed by atoms with van der Waals surface area (Å²) < 4.78 is 0. The van der Waals surface area contributed by atoms with Crippen molar-refractivity contribution >= 4 is 17.8 Å². The van der Waals surface area contributed by atoms with Gasteiger partial charge in [-0.25, -0.2) is 4.79 Å². The molecule has 23 heavy (non-hydrogen) atoms. The quantitative estimate of drug-likeness (QED) is 0.556. The highest BCUT2D eigenvalue weighted by Gasteiger charge is 2.42. The van der Waals surface area contributed by atoms with E-state index in [1.807, 2.05) is 26.0 Å².